The van der Waals surface area contributed by atoms with Gasteiger partial charge in [0.2, 0.25) is 0 Å². The van der Waals surface area contributed by atoms with Crippen LogP contribution in [0.2, 0.25) is 5.02 Å². The summed E-state index contributed by atoms with van der Waals surface area (Å²) in [7, 11) is 0. The Morgan fingerprint density at radius 1 is 1.50 bits per heavy atom. The summed E-state index contributed by atoms with van der Waals surface area (Å²) < 4.78 is 28.0. The summed E-state index contributed by atoms with van der Waals surface area (Å²) in [4.78, 5) is 10.6. The average molecular weight is 314 g/mol. The highest BCUT2D eigenvalue weighted by Gasteiger charge is 2.17. The summed E-state index contributed by atoms with van der Waals surface area (Å²) in [6.45, 7) is -1.49. The molecule has 2 nitrogen and oxygen atoms in total. The Kier molecular flexibility index (Phi) is 4.68. The van der Waals surface area contributed by atoms with Crippen molar-refractivity contribution in [1.82, 2.24) is 0 Å². The van der Waals surface area contributed by atoms with Crippen LogP contribution in [-0.2, 0) is 4.79 Å². The number of benzene rings is 1. The van der Waals surface area contributed by atoms with Crippen LogP contribution in [0.25, 0.3) is 0 Å². The first-order chi connectivity index (χ1) is 7.41. The lowest BCUT2D eigenvalue weighted by Crippen LogP contribution is -2.04. The van der Waals surface area contributed by atoms with Gasteiger partial charge in [-0.15, -0.1) is 0 Å². The zero-order valence-corrected chi connectivity index (χ0v) is 10.6. The second kappa shape index (κ2) is 5.59. The van der Waals surface area contributed by atoms with Gasteiger partial charge in [0.05, 0.1) is 4.83 Å². The summed E-state index contributed by atoms with van der Waals surface area (Å²) >= 11 is 9.00. The van der Waals surface area contributed by atoms with Crippen molar-refractivity contribution in [2.45, 2.75) is 18.4 Å². The molecule has 1 unspecified atom stereocenters. The molecule has 0 aromatic heterocycles. The summed E-state index contributed by atoms with van der Waals surface area (Å²) in [5.74, 6) is -0.156. The van der Waals surface area contributed by atoms with E-state index in [9.17, 15) is 13.6 Å². The van der Waals surface area contributed by atoms with Gasteiger partial charge < -0.3 is 4.74 Å². The summed E-state index contributed by atoms with van der Waals surface area (Å²) in [5, 5.41) is 0.204. The third-order valence-corrected chi connectivity index (χ3v) is 3.29. The lowest BCUT2D eigenvalue weighted by molar-refractivity contribution is -0.116. The molecule has 0 aliphatic heterocycles. The minimum Gasteiger partial charge on any atom is -0.435 e. The topological polar surface area (TPSA) is 26.3 Å². The molecule has 1 aromatic rings. The van der Waals surface area contributed by atoms with Crippen molar-refractivity contribution in [2.75, 3.05) is 0 Å². The molecule has 0 N–H and O–H groups in total. The number of Topliss-reactive ketones (excluding diaryl/α,β-unsaturated/α-hetero) is 1. The first-order valence-electron chi connectivity index (χ1n) is 4.30. The van der Waals surface area contributed by atoms with Gasteiger partial charge in [-0.2, -0.15) is 8.78 Å². The molecule has 16 heavy (non-hydrogen) atoms. The van der Waals surface area contributed by atoms with Crippen molar-refractivity contribution < 1.29 is 18.3 Å². The van der Waals surface area contributed by atoms with Crippen LogP contribution >= 0.6 is 27.5 Å². The molecule has 88 valence electrons. The van der Waals surface area contributed by atoms with Crippen LogP contribution in [0.15, 0.2) is 18.2 Å². The van der Waals surface area contributed by atoms with Gasteiger partial charge in [-0.25, -0.2) is 0 Å². The quantitative estimate of drug-likeness (QED) is 0.786. The van der Waals surface area contributed by atoms with Gasteiger partial charge in [0.1, 0.15) is 11.5 Å². The van der Waals surface area contributed by atoms with Crippen LogP contribution in [0.1, 0.15) is 17.3 Å². The lowest BCUT2D eigenvalue weighted by Gasteiger charge is -2.10. The molecule has 0 spiro atoms. The van der Waals surface area contributed by atoms with Gasteiger partial charge in [0.25, 0.3) is 0 Å². The largest absolute Gasteiger partial charge is 0.435 e. The number of hydrogen-bond acceptors (Lipinski definition) is 2. The summed E-state index contributed by atoms with van der Waals surface area (Å²) in [6, 6.07) is 4.06. The van der Waals surface area contributed by atoms with Gasteiger partial charge in [-0.05, 0) is 24.6 Å². The Labute approximate surface area is 105 Å². The van der Waals surface area contributed by atoms with E-state index in [-0.39, 0.29) is 16.6 Å². The Bertz CT molecular complexity index is 398. The average Bonchev–Trinajstić information content (AvgIpc) is 2.15. The second-order valence-corrected chi connectivity index (χ2v) is 4.36. The zero-order chi connectivity index (χ0) is 12.3. The van der Waals surface area contributed by atoms with Crippen LogP contribution in [0.3, 0.4) is 0 Å². The Hall–Kier alpha value is -0.680. The van der Waals surface area contributed by atoms with E-state index in [4.69, 9.17) is 11.6 Å². The number of halogens is 4. The summed E-state index contributed by atoms with van der Waals surface area (Å²) in [6.07, 6.45) is 0. The molecule has 0 aliphatic rings. The Morgan fingerprint density at radius 3 is 2.56 bits per heavy atom. The minimum atomic E-state index is -2.89. The zero-order valence-electron chi connectivity index (χ0n) is 8.22. The number of ketones is 1. The first kappa shape index (κ1) is 13.4. The number of carbonyl (C=O) groups excluding carboxylic acids is 1. The number of alkyl halides is 3. The molecule has 0 heterocycles. The molecular weight excluding hydrogens is 305 g/mol. The van der Waals surface area contributed by atoms with Crippen LogP contribution in [0, 0.1) is 0 Å². The molecule has 0 amide bonds. The predicted molar refractivity (Wildman–Crippen MR) is 60.4 cm³/mol. The van der Waals surface area contributed by atoms with Gasteiger partial charge in [-0.3, -0.25) is 4.79 Å². The highest BCUT2D eigenvalue weighted by atomic mass is 79.9. The number of ether oxygens (including phenoxy) is 1. The highest BCUT2D eigenvalue weighted by molar-refractivity contribution is 9.09. The predicted octanol–water partition coefficient (Wildman–Crippen LogP) is 3.97. The molecule has 0 aliphatic carbocycles. The van der Waals surface area contributed by atoms with E-state index in [2.05, 4.69) is 20.7 Å². The molecular formula is C10H8BrClF2O2. The smallest absolute Gasteiger partial charge is 0.387 e. The van der Waals surface area contributed by atoms with Crippen LogP contribution < -0.4 is 4.74 Å². The molecule has 1 atom stereocenters. The fourth-order valence-electron chi connectivity index (χ4n) is 1.11. The van der Waals surface area contributed by atoms with Crippen molar-refractivity contribution in [3.05, 3.63) is 28.8 Å². The van der Waals surface area contributed by atoms with E-state index in [0.29, 0.717) is 5.56 Å². The molecule has 0 saturated heterocycles. The number of carbonyl (C=O) groups is 1. The van der Waals surface area contributed by atoms with Gasteiger partial charge in [0.15, 0.2) is 0 Å². The normalized spacial score (nSPS) is 12.6. The SMILES string of the molecule is CC(=O)C(Br)c1ccc(OC(F)F)cc1Cl. The highest BCUT2D eigenvalue weighted by Crippen LogP contribution is 2.33. The van der Waals surface area contributed by atoms with Crippen molar-refractivity contribution in [3.63, 3.8) is 0 Å². The lowest BCUT2D eigenvalue weighted by atomic mass is 10.1. The molecule has 0 saturated carbocycles. The van der Waals surface area contributed by atoms with Crippen molar-refractivity contribution in [3.8, 4) is 5.75 Å². The maximum absolute atomic E-state index is 11.9. The van der Waals surface area contributed by atoms with Crippen LogP contribution in [0.5, 0.6) is 5.75 Å². The maximum Gasteiger partial charge on any atom is 0.387 e. The second-order valence-electron chi connectivity index (χ2n) is 3.04. The van der Waals surface area contributed by atoms with E-state index < -0.39 is 11.4 Å². The van der Waals surface area contributed by atoms with E-state index in [0.717, 1.165) is 0 Å². The third-order valence-electron chi connectivity index (χ3n) is 1.83. The van der Waals surface area contributed by atoms with Crippen molar-refractivity contribution in [1.29, 1.82) is 0 Å². The first-order valence-corrected chi connectivity index (χ1v) is 5.60. The molecule has 6 heteroatoms. The number of rotatable bonds is 4. The van der Waals surface area contributed by atoms with E-state index in [1.54, 1.807) is 0 Å². The molecule has 1 rings (SSSR count). The minimum absolute atomic E-state index is 0.0352. The van der Waals surface area contributed by atoms with Crippen LogP contribution in [0.4, 0.5) is 8.78 Å². The fraction of sp³-hybridized carbons (Fsp3) is 0.300. The van der Waals surface area contributed by atoms with Gasteiger partial charge in [0, 0.05) is 5.02 Å². The van der Waals surface area contributed by atoms with Gasteiger partial charge in [-0.1, -0.05) is 33.6 Å². The Morgan fingerprint density at radius 2 is 2.12 bits per heavy atom. The third kappa shape index (κ3) is 3.42. The van der Waals surface area contributed by atoms with Crippen molar-refractivity contribution in [2.24, 2.45) is 0 Å². The standard InChI is InChI=1S/C10H8BrClF2O2/c1-5(15)9(11)7-3-2-6(4-8(7)12)16-10(13)14/h2-4,9-10H,1H3. The molecule has 0 fully saturated rings. The molecule has 1 aromatic carbocycles. The van der Waals surface area contributed by atoms with Gasteiger partial charge >= 0.3 is 6.61 Å². The summed E-state index contributed by atoms with van der Waals surface area (Å²) in [5.41, 5.74) is 0.524. The fourth-order valence-corrected chi connectivity index (χ4v) is 1.92. The number of hydrogen-bond donors (Lipinski definition) is 0. The van der Waals surface area contributed by atoms with Crippen molar-refractivity contribution >= 4 is 33.3 Å². The molecule has 0 radical (unpaired) electrons. The monoisotopic (exact) mass is 312 g/mol. The molecule has 0 bridgehead atoms. The Balaban J connectivity index is 2.95. The van der Waals surface area contributed by atoms with Crippen LogP contribution in [-0.4, -0.2) is 12.4 Å². The van der Waals surface area contributed by atoms with E-state index in [1.807, 2.05) is 0 Å². The van der Waals surface area contributed by atoms with E-state index >= 15 is 0 Å². The van der Waals surface area contributed by atoms with E-state index in [1.165, 1.54) is 25.1 Å². The maximum atomic E-state index is 11.9.